The van der Waals surface area contributed by atoms with Gasteiger partial charge in [-0.2, -0.15) is 0 Å². The van der Waals surface area contributed by atoms with Crippen LogP contribution in [0.2, 0.25) is 0 Å². The first kappa shape index (κ1) is 15.2. The third-order valence-corrected chi connectivity index (χ3v) is 2.96. The number of nitrogens with one attached hydrogen (secondary N) is 3. The van der Waals surface area contributed by atoms with E-state index in [1.807, 2.05) is 0 Å². The lowest BCUT2D eigenvalue weighted by molar-refractivity contribution is -0.142. The lowest BCUT2D eigenvalue weighted by atomic mass is 10.1. The van der Waals surface area contributed by atoms with Crippen molar-refractivity contribution in [2.45, 2.75) is 37.8 Å². The second-order valence-corrected chi connectivity index (χ2v) is 4.48. The standard InChI is InChI=1S/C11H20N4O4/c12-11(19)14-6-2-4-8(10(17)18)15-9(16)7-3-1-5-13-7/h7-8,13H,1-6H2,(H,15,16)(H,17,18)(H3,12,14,19)/t7-,8-/m0/s1. The number of carbonyl (C=O) groups is 3. The van der Waals surface area contributed by atoms with Crippen molar-refractivity contribution in [1.29, 1.82) is 0 Å². The second kappa shape index (κ2) is 7.57. The van der Waals surface area contributed by atoms with Crippen molar-refractivity contribution in [3.8, 4) is 0 Å². The number of carboxylic acid groups (broad SMARTS) is 1. The molecule has 0 saturated carbocycles. The van der Waals surface area contributed by atoms with E-state index in [4.69, 9.17) is 10.8 Å². The van der Waals surface area contributed by atoms with Crippen LogP contribution in [0.5, 0.6) is 0 Å². The van der Waals surface area contributed by atoms with E-state index < -0.39 is 18.0 Å². The third kappa shape index (κ3) is 5.56. The van der Waals surface area contributed by atoms with Gasteiger partial charge in [0.25, 0.3) is 0 Å². The zero-order valence-electron chi connectivity index (χ0n) is 10.6. The quantitative estimate of drug-likeness (QED) is 0.369. The van der Waals surface area contributed by atoms with Crippen LogP contribution >= 0.6 is 0 Å². The van der Waals surface area contributed by atoms with Crippen molar-refractivity contribution >= 4 is 17.9 Å². The first-order chi connectivity index (χ1) is 9.00. The molecule has 19 heavy (non-hydrogen) atoms. The molecule has 6 N–H and O–H groups in total. The molecule has 0 spiro atoms. The van der Waals surface area contributed by atoms with Gasteiger partial charge in [0.05, 0.1) is 6.04 Å². The van der Waals surface area contributed by atoms with Gasteiger partial charge in [0, 0.05) is 6.54 Å². The molecule has 3 amide bonds. The van der Waals surface area contributed by atoms with Crippen LogP contribution in [0.4, 0.5) is 4.79 Å². The minimum absolute atomic E-state index is 0.244. The number of aliphatic carboxylic acids is 1. The lowest BCUT2D eigenvalue weighted by Gasteiger charge is -2.17. The summed E-state index contributed by atoms with van der Waals surface area (Å²) in [6.07, 6.45) is 2.31. The van der Waals surface area contributed by atoms with Crippen LogP contribution in [0, 0.1) is 0 Å². The summed E-state index contributed by atoms with van der Waals surface area (Å²) < 4.78 is 0. The predicted octanol–water partition coefficient (Wildman–Crippen LogP) is -1.24. The number of nitrogens with two attached hydrogens (primary N) is 1. The summed E-state index contributed by atoms with van der Waals surface area (Å²) in [6.45, 7) is 1.06. The SMILES string of the molecule is NC(=O)NCCC[C@H](NC(=O)[C@@H]1CCCN1)C(=O)O. The van der Waals surface area contributed by atoms with E-state index in [1.165, 1.54) is 0 Å². The van der Waals surface area contributed by atoms with Crippen LogP contribution < -0.4 is 21.7 Å². The van der Waals surface area contributed by atoms with Gasteiger partial charge in [0.15, 0.2) is 0 Å². The minimum Gasteiger partial charge on any atom is -0.480 e. The van der Waals surface area contributed by atoms with Crippen molar-refractivity contribution in [2.75, 3.05) is 13.1 Å². The van der Waals surface area contributed by atoms with Gasteiger partial charge in [-0.05, 0) is 32.2 Å². The molecule has 1 saturated heterocycles. The molecule has 0 bridgehead atoms. The Hall–Kier alpha value is -1.83. The maximum absolute atomic E-state index is 11.8. The van der Waals surface area contributed by atoms with Crippen molar-refractivity contribution in [2.24, 2.45) is 5.73 Å². The number of carbonyl (C=O) groups excluding carboxylic acids is 2. The van der Waals surface area contributed by atoms with E-state index in [9.17, 15) is 14.4 Å². The molecule has 2 atom stereocenters. The Morgan fingerprint density at radius 2 is 2.16 bits per heavy atom. The zero-order chi connectivity index (χ0) is 14.3. The minimum atomic E-state index is -1.08. The van der Waals surface area contributed by atoms with Gasteiger partial charge in [-0.25, -0.2) is 9.59 Å². The summed E-state index contributed by atoms with van der Waals surface area (Å²) in [6, 6.07) is -1.89. The van der Waals surface area contributed by atoms with Gasteiger partial charge in [0.1, 0.15) is 6.04 Å². The summed E-state index contributed by atoms with van der Waals surface area (Å²) in [4.78, 5) is 33.3. The van der Waals surface area contributed by atoms with Crippen LogP contribution in [0.1, 0.15) is 25.7 Å². The molecule has 0 aliphatic carbocycles. The molecular formula is C11H20N4O4. The lowest BCUT2D eigenvalue weighted by Crippen LogP contribution is -2.48. The average Bonchev–Trinajstić information content (AvgIpc) is 2.85. The summed E-state index contributed by atoms with van der Waals surface area (Å²) in [5.41, 5.74) is 4.89. The summed E-state index contributed by atoms with van der Waals surface area (Å²) in [5.74, 6) is -1.36. The number of carboxylic acids is 1. The van der Waals surface area contributed by atoms with E-state index in [-0.39, 0.29) is 24.9 Å². The molecule has 0 radical (unpaired) electrons. The summed E-state index contributed by atoms with van der Waals surface area (Å²) in [5, 5.41) is 16.9. The Labute approximate surface area is 111 Å². The van der Waals surface area contributed by atoms with Crippen molar-refractivity contribution < 1.29 is 19.5 Å². The highest BCUT2D eigenvalue weighted by atomic mass is 16.4. The van der Waals surface area contributed by atoms with E-state index in [2.05, 4.69) is 16.0 Å². The van der Waals surface area contributed by atoms with Gasteiger partial charge < -0.3 is 26.8 Å². The van der Waals surface area contributed by atoms with Crippen LogP contribution in [-0.2, 0) is 9.59 Å². The monoisotopic (exact) mass is 272 g/mol. The first-order valence-corrected chi connectivity index (χ1v) is 6.30. The molecule has 1 aliphatic heterocycles. The van der Waals surface area contributed by atoms with Crippen LogP contribution in [0.25, 0.3) is 0 Å². The molecule has 0 aromatic heterocycles. The number of hydrogen-bond acceptors (Lipinski definition) is 4. The molecular weight excluding hydrogens is 252 g/mol. The number of primary amides is 1. The van der Waals surface area contributed by atoms with E-state index in [0.29, 0.717) is 6.42 Å². The number of urea groups is 1. The number of hydrogen-bond donors (Lipinski definition) is 5. The Bertz CT molecular complexity index is 342. The van der Waals surface area contributed by atoms with Crippen LogP contribution in [0.15, 0.2) is 0 Å². The zero-order valence-corrected chi connectivity index (χ0v) is 10.6. The van der Waals surface area contributed by atoms with Gasteiger partial charge in [0.2, 0.25) is 5.91 Å². The van der Waals surface area contributed by atoms with E-state index in [0.717, 1.165) is 19.4 Å². The topological polar surface area (TPSA) is 134 Å². The largest absolute Gasteiger partial charge is 0.480 e. The Kier molecular flexibility index (Phi) is 6.07. The Morgan fingerprint density at radius 3 is 2.68 bits per heavy atom. The fourth-order valence-electron chi connectivity index (χ4n) is 1.96. The van der Waals surface area contributed by atoms with Gasteiger partial charge in [-0.3, -0.25) is 4.79 Å². The van der Waals surface area contributed by atoms with E-state index in [1.54, 1.807) is 0 Å². The Balaban J connectivity index is 2.33. The average molecular weight is 272 g/mol. The van der Waals surface area contributed by atoms with Crippen molar-refractivity contribution in [1.82, 2.24) is 16.0 Å². The highest BCUT2D eigenvalue weighted by Crippen LogP contribution is 2.06. The second-order valence-electron chi connectivity index (χ2n) is 4.48. The maximum atomic E-state index is 11.8. The van der Waals surface area contributed by atoms with Crippen LogP contribution in [0.3, 0.4) is 0 Å². The first-order valence-electron chi connectivity index (χ1n) is 6.30. The molecule has 8 nitrogen and oxygen atoms in total. The van der Waals surface area contributed by atoms with Gasteiger partial charge in [-0.1, -0.05) is 0 Å². The summed E-state index contributed by atoms with van der Waals surface area (Å²) >= 11 is 0. The smallest absolute Gasteiger partial charge is 0.326 e. The highest BCUT2D eigenvalue weighted by molar-refractivity contribution is 5.87. The Morgan fingerprint density at radius 1 is 1.42 bits per heavy atom. The third-order valence-electron chi connectivity index (χ3n) is 2.96. The maximum Gasteiger partial charge on any atom is 0.326 e. The molecule has 0 aromatic rings. The number of amides is 3. The van der Waals surface area contributed by atoms with Crippen molar-refractivity contribution in [3.05, 3.63) is 0 Å². The predicted molar refractivity (Wildman–Crippen MR) is 67.4 cm³/mol. The fourth-order valence-corrected chi connectivity index (χ4v) is 1.96. The van der Waals surface area contributed by atoms with Crippen LogP contribution in [-0.4, -0.2) is 48.2 Å². The van der Waals surface area contributed by atoms with Crippen molar-refractivity contribution in [3.63, 3.8) is 0 Å². The fraction of sp³-hybridized carbons (Fsp3) is 0.727. The molecule has 1 heterocycles. The normalized spacial score (nSPS) is 19.7. The highest BCUT2D eigenvalue weighted by Gasteiger charge is 2.26. The molecule has 0 unspecified atom stereocenters. The van der Waals surface area contributed by atoms with E-state index >= 15 is 0 Å². The molecule has 8 heteroatoms. The number of rotatable bonds is 7. The molecule has 1 fully saturated rings. The van der Waals surface area contributed by atoms with Gasteiger partial charge in [-0.15, -0.1) is 0 Å². The molecule has 108 valence electrons. The molecule has 0 aromatic carbocycles. The van der Waals surface area contributed by atoms with Gasteiger partial charge >= 0.3 is 12.0 Å². The summed E-state index contributed by atoms with van der Waals surface area (Å²) in [7, 11) is 0. The molecule has 1 rings (SSSR count). The molecule has 1 aliphatic rings.